The van der Waals surface area contributed by atoms with Gasteiger partial charge in [-0.15, -0.1) is 0 Å². The van der Waals surface area contributed by atoms with E-state index in [1.165, 1.54) is 19.5 Å². The van der Waals surface area contributed by atoms with Crippen molar-refractivity contribution in [3.05, 3.63) is 34.9 Å². The van der Waals surface area contributed by atoms with E-state index in [1.54, 1.807) is 24.3 Å². The van der Waals surface area contributed by atoms with Crippen molar-refractivity contribution in [3.63, 3.8) is 0 Å². The molecule has 1 aliphatic heterocycles. The molecule has 0 radical (unpaired) electrons. The summed E-state index contributed by atoms with van der Waals surface area (Å²) in [7, 11) is 0. The number of hydrogen-bond donors (Lipinski definition) is 1. The van der Waals surface area contributed by atoms with Crippen LogP contribution in [0, 0.1) is 11.8 Å². The molecule has 0 aliphatic carbocycles. The third-order valence-electron chi connectivity index (χ3n) is 3.99. The highest BCUT2D eigenvalue weighted by atomic mass is 35.5. The van der Waals surface area contributed by atoms with E-state index in [0.29, 0.717) is 10.6 Å². The molecule has 1 fully saturated rings. The zero-order chi connectivity index (χ0) is 15.2. The SMILES string of the molecule is C[C@@H]1C[C@@H](C)CN(CCCNC(=O)c2ccc(Cl)cc2)C1. The van der Waals surface area contributed by atoms with Crippen molar-refractivity contribution in [3.8, 4) is 0 Å². The number of hydrogen-bond acceptors (Lipinski definition) is 2. The van der Waals surface area contributed by atoms with Crippen LogP contribution in [0.1, 0.15) is 37.0 Å². The Bertz CT molecular complexity index is 450. The Balaban J connectivity index is 1.67. The van der Waals surface area contributed by atoms with Crippen LogP contribution in [0.2, 0.25) is 5.02 Å². The third-order valence-corrected chi connectivity index (χ3v) is 4.24. The number of amides is 1. The molecule has 1 amide bonds. The van der Waals surface area contributed by atoms with E-state index < -0.39 is 0 Å². The topological polar surface area (TPSA) is 32.3 Å². The first-order chi connectivity index (χ1) is 10.0. The fraction of sp³-hybridized carbons (Fsp3) is 0.588. The minimum absolute atomic E-state index is 0.0213. The molecule has 0 unspecified atom stereocenters. The highest BCUT2D eigenvalue weighted by molar-refractivity contribution is 6.30. The first-order valence-electron chi connectivity index (χ1n) is 7.80. The standard InChI is InChI=1S/C17H25ClN2O/c1-13-10-14(2)12-20(11-13)9-3-8-19-17(21)15-4-6-16(18)7-5-15/h4-7,13-14H,3,8-12H2,1-2H3,(H,19,21)/t13-,14-/m1/s1. The molecule has 1 aromatic rings. The van der Waals surface area contributed by atoms with Crippen LogP contribution in [0.4, 0.5) is 0 Å². The Hall–Kier alpha value is -1.06. The summed E-state index contributed by atoms with van der Waals surface area (Å²) >= 11 is 5.82. The van der Waals surface area contributed by atoms with Crippen LogP contribution in [0.3, 0.4) is 0 Å². The van der Waals surface area contributed by atoms with Gasteiger partial charge in [0.15, 0.2) is 0 Å². The van der Waals surface area contributed by atoms with Crippen molar-refractivity contribution < 1.29 is 4.79 Å². The summed E-state index contributed by atoms with van der Waals surface area (Å²) in [6.45, 7) is 8.82. The van der Waals surface area contributed by atoms with Crippen LogP contribution in [0.5, 0.6) is 0 Å². The van der Waals surface area contributed by atoms with E-state index in [1.807, 2.05) is 0 Å². The van der Waals surface area contributed by atoms with Crippen LogP contribution < -0.4 is 5.32 Å². The van der Waals surface area contributed by atoms with Gasteiger partial charge in [0.25, 0.3) is 5.91 Å². The van der Waals surface area contributed by atoms with Crippen molar-refractivity contribution in [2.45, 2.75) is 26.7 Å². The maximum Gasteiger partial charge on any atom is 0.251 e. The molecule has 0 spiro atoms. The van der Waals surface area contributed by atoms with Crippen molar-refractivity contribution in [1.82, 2.24) is 10.2 Å². The highest BCUT2D eigenvalue weighted by Gasteiger charge is 2.21. The predicted octanol–water partition coefficient (Wildman–Crippen LogP) is 3.44. The minimum atomic E-state index is -0.0213. The second-order valence-electron chi connectivity index (χ2n) is 6.32. The van der Waals surface area contributed by atoms with Gasteiger partial charge in [-0.1, -0.05) is 25.4 Å². The molecule has 21 heavy (non-hydrogen) atoms. The van der Waals surface area contributed by atoms with E-state index in [9.17, 15) is 4.79 Å². The lowest BCUT2D eigenvalue weighted by molar-refractivity contribution is 0.0947. The van der Waals surface area contributed by atoms with E-state index >= 15 is 0 Å². The summed E-state index contributed by atoms with van der Waals surface area (Å²) in [5.74, 6) is 1.56. The monoisotopic (exact) mass is 308 g/mol. The molecule has 1 heterocycles. The summed E-state index contributed by atoms with van der Waals surface area (Å²) in [5, 5.41) is 3.62. The Labute approximate surface area is 132 Å². The van der Waals surface area contributed by atoms with E-state index in [-0.39, 0.29) is 5.91 Å². The second kappa shape index (κ2) is 7.81. The third kappa shape index (κ3) is 5.33. The Morgan fingerprint density at radius 2 is 1.86 bits per heavy atom. The van der Waals surface area contributed by atoms with Gasteiger partial charge in [-0.25, -0.2) is 0 Å². The Morgan fingerprint density at radius 1 is 1.24 bits per heavy atom. The summed E-state index contributed by atoms with van der Waals surface area (Å²) in [6.07, 6.45) is 2.34. The number of nitrogens with one attached hydrogen (secondary N) is 1. The van der Waals surface area contributed by atoms with Crippen molar-refractivity contribution in [2.24, 2.45) is 11.8 Å². The van der Waals surface area contributed by atoms with Crippen LogP contribution in [0.25, 0.3) is 0 Å². The molecule has 0 bridgehead atoms. The summed E-state index contributed by atoms with van der Waals surface area (Å²) < 4.78 is 0. The molecule has 1 aromatic carbocycles. The van der Waals surface area contributed by atoms with Crippen LogP contribution in [0.15, 0.2) is 24.3 Å². The molecule has 0 saturated carbocycles. The Kier molecular flexibility index (Phi) is 6.07. The van der Waals surface area contributed by atoms with Gasteiger partial charge in [-0.05, 0) is 55.5 Å². The molecule has 116 valence electrons. The number of benzene rings is 1. The molecule has 4 heteroatoms. The zero-order valence-electron chi connectivity index (χ0n) is 12.9. The second-order valence-corrected chi connectivity index (χ2v) is 6.76. The van der Waals surface area contributed by atoms with Gasteiger partial charge in [0, 0.05) is 30.2 Å². The van der Waals surface area contributed by atoms with E-state index in [0.717, 1.165) is 31.3 Å². The van der Waals surface area contributed by atoms with Crippen molar-refractivity contribution in [1.29, 1.82) is 0 Å². The number of rotatable bonds is 5. The lowest BCUT2D eigenvalue weighted by Gasteiger charge is -2.34. The number of likely N-dealkylation sites (tertiary alicyclic amines) is 1. The first kappa shape index (κ1) is 16.3. The molecular formula is C17H25ClN2O. The summed E-state index contributed by atoms with van der Waals surface area (Å²) in [5.41, 5.74) is 0.666. The highest BCUT2D eigenvalue weighted by Crippen LogP contribution is 2.20. The number of piperidine rings is 1. The van der Waals surface area contributed by atoms with Crippen molar-refractivity contribution in [2.75, 3.05) is 26.2 Å². The zero-order valence-corrected chi connectivity index (χ0v) is 13.7. The molecule has 1 aliphatic rings. The van der Waals surface area contributed by atoms with Gasteiger partial charge >= 0.3 is 0 Å². The normalized spacial score (nSPS) is 23.0. The number of halogens is 1. The van der Waals surface area contributed by atoms with Gasteiger partial charge < -0.3 is 10.2 Å². The fourth-order valence-electron chi connectivity index (χ4n) is 3.18. The van der Waals surface area contributed by atoms with Gasteiger partial charge in [-0.2, -0.15) is 0 Å². The average Bonchev–Trinajstić information content (AvgIpc) is 2.43. The molecule has 2 atom stereocenters. The van der Waals surface area contributed by atoms with Crippen LogP contribution in [-0.2, 0) is 0 Å². The van der Waals surface area contributed by atoms with Gasteiger partial charge in [-0.3, -0.25) is 4.79 Å². The maximum atomic E-state index is 11.9. The quantitative estimate of drug-likeness (QED) is 0.845. The fourth-order valence-corrected chi connectivity index (χ4v) is 3.31. The van der Waals surface area contributed by atoms with Crippen molar-refractivity contribution >= 4 is 17.5 Å². The molecule has 3 nitrogen and oxygen atoms in total. The summed E-state index contributed by atoms with van der Waals surface area (Å²) in [6, 6.07) is 7.00. The first-order valence-corrected chi connectivity index (χ1v) is 8.18. The average molecular weight is 309 g/mol. The summed E-state index contributed by atoms with van der Waals surface area (Å²) in [4.78, 5) is 14.5. The molecule has 1 N–H and O–H groups in total. The lowest BCUT2D eigenvalue weighted by atomic mass is 9.92. The van der Waals surface area contributed by atoms with E-state index in [4.69, 9.17) is 11.6 Å². The smallest absolute Gasteiger partial charge is 0.251 e. The Morgan fingerprint density at radius 3 is 2.48 bits per heavy atom. The molecular weight excluding hydrogens is 284 g/mol. The number of nitrogens with zero attached hydrogens (tertiary/aromatic N) is 1. The molecule has 2 rings (SSSR count). The molecule has 1 saturated heterocycles. The van der Waals surface area contributed by atoms with Crippen LogP contribution in [-0.4, -0.2) is 37.0 Å². The molecule has 0 aromatic heterocycles. The maximum absolute atomic E-state index is 11.9. The van der Waals surface area contributed by atoms with E-state index in [2.05, 4.69) is 24.1 Å². The van der Waals surface area contributed by atoms with Gasteiger partial charge in [0.05, 0.1) is 0 Å². The van der Waals surface area contributed by atoms with Gasteiger partial charge in [0.1, 0.15) is 0 Å². The van der Waals surface area contributed by atoms with Crippen LogP contribution >= 0.6 is 11.6 Å². The number of carbonyl (C=O) groups excluding carboxylic acids is 1. The van der Waals surface area contributed by atoms with Gasteiger partial charge in [0.2, 0.25) is 0 Å². The number of carbonyl (C=O) groups is 1. The minimum Gasteiger partial charge on any atom is -0.352 e. The largest absolute Gasteiger partial charge is 0.352 e. The lowest BCUT2D eigenvalue weighted by Crippen LogP contribution is -2.40. The predicted molar refractivity (Wildman–Crippen MR) is 87.8 cm³/mol.